The number of benzene rings is 3. The van der Waals surface area contributed by atoms with Gasteiger partial charge in [-0.3, -0.25) is 9.59 Å². The number of ether oxygens (including phenoxy) is 2. The molecule has 0 aliphatic carbocycles. The molecule has 1 saturated heterocycles. The van der Waals surface area contributed by atoms with Crippen molar-refractivity contribution in [1.29, 1.82) is 0 Å². The fraction of sp³-hybridized carbons (Fsp3) is 0.231. The van der Waals surface area contributed by atoms with Crippen molar-refractivity contribution in [1.82, 2.24) is 4.90 Å². The standard InChI is InChI=1S/C26H23FN2O4S/c1-32-19-9-7-17(8-10-19)24(30)29-13-14-34-26(29)21-15-20(33-2)11-12-23(21)28(25(26)31)16-18-5-3-4-6-22(18)27/h3-12,15H,13-14,16H2,1-2H3/t26-/m1/s1. The monoisotopic (exact) mass is 478 g/mol. The van der Waals surface area contributed by atoms with E-state index in [1.807, 2.05) is 0 Å². The Balaban J connectivity index is 1.60. The molecule has 0 radical (unpaired) electrons. The van der Waals surface area contributed by atoms with Gasteiger partial charge in [0.1, 0.15) is 17.3 Å². The fourth-order valence-corrected chi connectivity index (χ4v) is 6.02. The molecule has 6 nitrogen and oxygen atoms in total. The van der Waals surface area contributed by atoms with E-state index >= 15 is 0 Å². The van der Waals surface area contributed by atoms with Crippen LogP contribution < -0.4 is 14.4 Å². The van der Waals surface area contributed by atoms with Gasteiger partial charge in [0.15, 0.2) is 4.87 Å². The minimum atomic E-state index is -1.24. The number of methoxy groups -OCH3 is 2. The van der Waals surface area contributed by atoms with Crippen molar-refractivity contribution in [3.63, 3.8) is 0 Å². The lowest BCUT2D eigenvalue weighted by molar-refractivity contribution is -0.123. The van der Waals surface area contributed by atoms with Gasteiger partial charge in [0.2, 0.25) is 0 Å². The molecule has 0 unspecified atom stereocenters. The molecular formula is C26H23FN2O4S. The van der Waals surface area contributed by atoms with Gasteiger partial charge in [-0.25, -0.2) is 4.39 Å². The molecule has 3 aromatic carbocycles. The van der Waals surface area contributed by atoms with Crippen LogP contribution in [0.3, 0.4) is 0 Å². The number of nitrogens with zero attached hydrogens (tertiary/aromatic N) is 2. The maximum Gasteiger partial charge on any atom is 0.268 e. The lowest BCUT2D eigenvalue weighted by atomic mass is 10.0. The largest absolute Gasteiger partial charge is 0.497 e. The van der Waals surface area contributed by atoms with Crippen molar-refractivity contribution in [2.24, 2.45) is 0 Å². The molecule has 1 spiro atoms. The second-order valence-corrected chi connectivity index (χ2v) is 9.33. The van der Waals surface area contributed by atoms with E-state index in [0.29, 0.717) is 46.2 Å². The zero-order valence-corrected chi connectivity index (χ0v) is 19.6. The van der Waals surface area contributed by atoms with Crippen molar-refractivity contribution in [3.8, 4) is 11.5 Å². The number of hydrogen-bond acceptors (Lipinski definition) is 5. The molecule has 1 fully saturated rings. The highest BCUT2D eigenvalue weighted by Gasteiger charge is 2.59. The van der Waals surface area contributed by atoms with Crippen molar-refractivity contribution in [2.75, 3.05) is 31.4 Å². The maximum absolute atomic E-state index is 14.5. The van der Waals surface area contributed by atoms with Gasteiger partial charge in [0, 0.05) is 29.0 Å². The van der Waals surface area contributed by atoms with Crippen molar-refractivity contribution in [3.05, 3.63) is 89.2 Å². The molecule has 5 rings (SSSR count). The third-order valence-corrected chi connectivity index (χ3v) is 7.69. The number of fused-ring (bicyclic) bond motifs is 2. The van der Waals surface area contributed by atoms with Crippen LogP contribution in [0.1, 0.15) is 21.5 Å². The van der Waals surface area contributed by atoms with Crippen molar-refractivity contribution < 1.29 is 23.5 Å². The molecule has 3 aromatic rings. The Hall–Kier alpha value is -3.52. The first-order chi connectivity index (χ1) is 16.5. The lowest BCUT2D eigenvalue weighted by Gasteiger charge is -2.33. The Morgan fingerprint density at radius 1 is 1.03 bits per heavy atom. The molecule has 2 heterocycles. The smallest absolute Gasteiger partial charge is 0.268 e. The van der Waals surface area contributed by atoms with Gasteiger partial charge in [-0.1, -0.05) is 18.2 Å². The average Bonchev–Trinajstić information content (AvgIpc) is 3.41. The number of carbonyl (C=O) groups is 2. The second-order valence-electron chi connectivity index (χ2n) is 8.04. The van der Waals surface area contributed by atoms with Gasteiger partial charge in [0.05, 0.1) is 26.5 Å². The van der Waals surface area contributed by atoms with Crippen molar-refractivity contribution >= 4 is 29.3 Å². The number of thioether (sulfide) groups is 1. The SMILES string of the molecule is COc1ccc(C(=O)N2CCS[C@]23C(=O)N(Cc2ccccc2F)c2ccc(OC)cc23)cc1. The van der Waals surface area contributed by atoms with Crippen LogP contribution in [0.25, 0.3) is 0 Å². The molecule has 0 bridgehead atoms. The van der Waals surface area contributed by atoms with Gasteiger partial charge >= 0.3 is 0 Å². The van der Waals surface area contributed by atoms with E-state index in [1.165, 1.54) is 17.8 Å². The predicted molar refractivity (Wildman–Crippen MR) is 129 cm³/mol. The molecule has 0 N–H and O–H groups in total. The van der Waals surface area contributed by atoms with Gasteiger partial charge < -0.3 is 19.3 Å². The molecule has 0 aromatic heterocycles. The Kier molecular flexibility index (Phi) is 5.69. The van der Waals surface area contributed by atoms with E-state index in [4.69, 9.17) is 9.47 Å². The van der Waals surface area contributed by atoms with Gasteiger partial charge in [-0.2, -0.15) is 0 Å². The third-order valence-electron chi connectivity index (χ3n) is 6.27. The summed E-state index contributed by atoms with van der Waals surface area (Å²) in [5, 5.41) is 0. The second kappa shape index (κ2) is 8.68. The first-order valence-electron chi connectivity index (χ1n) is 10.8. The van der Waals surface area contributed by atoms with E-state index in [-0.39, 0.29) is 24.2 Å². The summed E-state index contributed by atoms with van der Waals surface area (Å²) in [7, 11) is 3.12. The first-order valence-corrected chi connectivity index (χ1v) is 11.8. The number of carbonyl (C=O) groups excluding carboxylic acids is 2. The summed E-state index contributed by atoms with van der Waals surface area (Å²) in [6.45, 7) is 0.475. The predicted octanol–water partition coefficient (Wildman–Crippen LogP) is 4.43. The van der Waals surface area contributed by atoms with E-state index in [1.54, 1.807) is 84.7 Å². The van der Waals surface area contributed by atoms with Crippen LogP contribution in [0.15, 0.2) is 66.7 Å². The first kappa shape index (κ1) is 22.3. The molecule has 1 atom stereocenters. The third kappa shape index (κ3) is 3.40. The minimum absolute atomic E-state index is 0.0672. The molecule has 174 valence electrons. The summed E-state index contributed by atoms with van der Waals surface area (Å²) in [5.74, 6) is 0.938. The zero-order chi connectivity index (χ0) is 23.9. The topological polar surface area (TPSA) is 59.1 Å². The Labute approximate surface area is 201 Å². The van der Waals surface area contributed by atoms with Crippen LogP contribution in [0.5, 0.6) is 11.5 Å². The van der Waals surface area contributed by atoms with Gasteiger partial charge in [-0.05, 0) is 48.5 Å². The Bertz CT molecular complexity index is 1270. The van der Waals surface area contributed by atoms with Gasteiger partial charge in [0.25, 0.3) is 11.8 Å². The van der Waals surface area contributed by atoms with E-state index in [0.717, 1.165) is 0 Å². The molecule has 0 saturated carbocycles. The summed E-state index contributed by atoms with van der Waals surface area (Å²) < 4.78 is 25.1. The Morgan fingerprint density at radius 3 is 2.44 bits per heavy atom. The number of anilines is 1. The number of amides is 2. The average molecular weight is 479 g/mol. The maximum atomic E-state index is 14.5. The van der Waals surface area contributed by atoms with Crippen LogP contribution >= 0.6 is 11.8 Å². The molecule has 8 heteroatoms. The van der Waals surface area contributed by atoms with E-state index in [2.05, 4.69) is 0 Å². The van der Waals surface area contributed by atoms with E-state index < -0.39 is 4.87 Å². The highest BCUT2D eigenvalue weighted by atomic mass is 32.2. The Morgan fingerprint density at radius 2 is 1.74 bits per heavy atom. The number of halogens is 1. The molecule has 2 aliphatic heterocycles. The van der Waals surface area contributed by atoms with Crippen LogP contribution in [0.4, 0.5) is 10.1 Å². The quantitative estimate of drug-likeness (QED) is 0.543. The van der Waals surface area contributed by atoms with Crippen LogP contribution in [0, 0.1) is 5.82 Å². The molecular weight excluding hydrogens is 455 g/mol. The summed E-state index contributed by atoms with van der Waals surface area (Å²) in [5.41, 5.74) is 2.20. The summed E-state index contributed by atoms with van der Waals surface area (Å²) in [6, 6.07) is 18.6. The van der Waals surface area contributed by atoms with Crippen LogP contribution in [-0.4, -0.2) is 43.2 Å². The van der Waals surface area contributed by atoms with Gasteiger partial charge in [-0.15, -0.1) is 11.8 Å². The molecule has 2 aliphatic rings. The molecule has 34 heavy (non-hydrogen) atoms. The fourth-order valence-electron chi connectivity index (χ4n) is 4.56. The van der Waals surface area contributed by atoms with Crippen LogP contribution in [0.2, 0.25) is 0 Å². The number of rotatable bonds is 5. The zero-order valence-electron chi connectivity index (χ0n) is 18.8. The lowest BCUT2D eigenvalue weighted by Crippen LogP contribution is -2.50. The minimum Gasteiger partial charge on any atom is -0.497 e. The summed E-state index contributed by atoms with van der Waals surface area (Å²) in [6.07, 6.45) is 0. The van der Waals surface area contributed by atoms with E-state index in [9.17, 15) is 14.0 Å². The summed E-state index contributed by atoms with van der Waals surface area (Å²) >= 11 is 1.42. The highest BCUT2D eigenvalue weighted by Crippen LogP contribution is 2.55. The summed E-state index contributed by atoms with van der Waals surface area (Å²) in [4.78, 5) is 29.7. The van der Waals surface area contributed by atoms with Crippen LogP contribution in [-0.2, 0) is 16.2 Å². The van der Waals surface area contributed by atoms with Crippen molar-refractivity contribution in [2.45, 2.75) is 11.4 Å². The highest BCUT2D eigenvalue weighted by molar-refractivity contribution is 8.01. The number of hydrogen-bond donors (Lipinski definition) is 0. The molecule has 2 amide bonds. The normalized spacial score (nSPS) is 19.0.